The summed E-state index contributed by atoms with van der Waals surface area (Å²) in [5, 5.41) is 18.3. The molecule has 0 saturated heterocycles. The van der Waals surface area contributed by atoms with Crippen molar-refractivity contribution in [1.82, 2.24) is 19.6 Å². The highest BCUT2D eigenvalue weighted by Crippen LogP contribution is 2.37. The van der Waals surface area contributed by atoms with E-state index in [1.165, 1.54) is 10.6 Å². The van der Waals surface area contributed by atoms with Crippen LogP contribution >= 0.6 is 46.1 Å². The molecule has 1 N–H and O–H groups in total. The molecule has 1 aromatic carbocycles. The zero-order valence-electron chi connectivity index (χ0n) is 15.6. The largest absolute Gasteiger partial charge is 0.481 e. The predicted molar refractivity (Wildman–Crippen MR) is 116 cm³/mol. The molecule has 0 aliphatic heterocycles. The van der Waals surface area contributed by atoms with Gasteiger partial charge in [0.05, 0.1) is 10.6 Å². The summed E-state index contributed by atoms with van der Waals surface area (Å²) in [6.45, 7) is 0. The lowest BCUT2D eigenvalue weighted by Gasteiger charge is -2.07. The molecule has 0 fully saturated rings. The number of halogens is 6. The summed E-state index contributed by atoms with van der Waals surface area (Å²) < 4.78 is 40.3. The smallest absolute Gasteiger partial charge is 0.417 e. The van der Waals surface area contributed by atoms with E-state index in [0.717, 1.165) is 23.6 Å². The van der Waals surface area contributed by atoms with Gasteiger partial charge in [-0.25, -0.2) is 4.98 Å². The minimum atomic E-state index is -4.55. The second kappa shape index (κ2) is 8.51. The molecule has 3 aromatic heterocycles. The zero-order chi connectivity index (χ0) is 23.2. The number of nitrogens with zero attached hydrogens (tertiary/aromatic N) is 4. The van der Waals surface area contributed by atoms with Crippen LogP contribution in [0.3, 0.4) is 0 Å². The van der Waals surface area contributed by atoms with Crippen LogP contribution in [0.15, 0.2) is 30.6 Å². The fourth-order valence-corrected chi connectivity index (χ4v) is 4.67. The van der Waals surface area contributed by atoms with Gasteiger partial charge in [0.1, 0.15) is 10.7 Å². The van der Waals surface area contributed by atoms with Crippen LogP contribution in [0.2, 0.25) is 15.1 Å². The fourth-order valence-electron chi connectivity index (χ4n) is 2.96. The van der Waals surface area contributed by atoms with Crippen LogP contribution < -0.4 is 0 Å². The normalized spacial score (nSPS) is 11.9. The van der Waals surface area contributed by atoms with Crippen LogP contribution in [0, 0.1) is 0 Å². The highest BCUT2D eigenvalue weighted by Gasteiger charge is 2.32. The first kappa shape index (κ1) is 22.8. The Morgan fingerprint density at radius 3 is 2.31 bits per heavy atom. The van der Waals surface area contributed by atoms with E-state index in [2.05, 4.69) is 15.2 Å². The van der Waals surface area contributed by atoms with Gasteiger partial charge in [0, 0.05) is 34.4 Å². The Kier molecular flexibility index (Phi) is 6.06. The molecule has 0 amide bonds. The second-order valence-electron chi connectivity index (χ2n) is 6.66. The van der Waals surface area contributed by atoms with Gasteiger partial charge in [0.15, 0.2) is 10.7 Å². The number of carbonyl (C=O) groups is 1. The highest BCUT2D eigenvalue weighted by molar-refractivity contribution is 7.17. The van der Waals surface area contributed by atoms with Gasteiger partial charge in [-0.2, -0.15) is 13.2 Å². The quantitative estimate of drug-likeness (QED) is 0.324. The average Bonchev–Trinajstić information content (AvgIpc) is 3.33. The summed E-state index contributed by atoms with van der Waals surface area (Å²) >= 11 is 19.7. The summed E-state index contributed by atoms with van der Waals surface area (Å²) in [6.07, 6.45) is -2.21. The topological polar surface area (TPSA) is 80.4 Å². The van der Waals surface area contributed by atoms with Crippen LogP contribution in [0.1, 0.15) is 17.5 Å². The molecule has 13 heteroatoms. The van der Waals surface area contributed by atoms with E-state index in [0.29, 0.717) is 36.9 Å². The zero-order valence-corrected chi connectivity index (χ0v) is 18.7. The van der Waals surface area contributed by atoms with Crippen molar-refractivity contribution < 1.29 is 23.1 Å². The van der Waals surface area contributed by atoms with Crippen molar-refractivity contribution >= 4 is 57.8 Å². The maximum absolute atomic E-state index is 13.0. The minimum Gasteiger partial charge on any atom is -0.481 e. The highest BCUT2D eigenvalue weighted by atomic mass is 35.5. The van der Waals surface area contributed by atoms with Gasteiger partial charge in [-0.05, 0) is 30.2 Å². The number of carboxylic acid groups (broad SMARTS) is 1. The molecule has 4 rings (SSSR count). The van der Waals surface area contributed by atoms with Crippen molar-refractivity contribution in [1.29, 1.82) is 0 Å². The Hall–Kier alpha value is -2.40. The van der Waals surface area contributed by atoms with Crippen LogP contribution in [0.5, 0.6) is 0 Å². The summed E-state index contributed by atoms with van der Waals surface area (Å²) in [6, 6.07) is 4.02. The van der Waals surface area contributed by atoms with Crippen molar-refractivity contribution in [2.24, 2.45) is 0 Å². The Morgan fingerprint density at radius 1 is 1.03 bits per heavy atom. The predicted octanol–water partition coefficient (Wildman–Crippen LogP) is 6.52. The Bertz CT molecular complexity index is 1330. The molecule has 0 bridgehead atoms. The summed E-state index contributed by atoms with van der Waals surface area (Å²) in [7, 11) is 0. The van der Waals surface area contributed by atoms with E-state index in [1.807, 2.05) is 0 Å². The molecule has 4 aromatic rings. The second-order valence-corrected chi connectivity index (χ2v) is 8.86. The third-order valence-corrected chi connectivity index (χ3v) is 6.40. The van der Waals surface area contributed by atoms with Crippen molar-refractivity contribution in [2.45, 2.75) is 19.0 Å². The number of rotatable bonds is 5. The van der Waals surface area contributed by atoms with Crippen LogP contribution in [-0.2, 0) is 17.4 Å². The van der Waals surface area contributed by atoms with E-state index in [9.17, 15) is 18.0 Å². The van der Waals surface area contributed by atoms with Gasteiger partial charge in [-0.3, -0.25) is 4.79 Å². The van der Waals surface area contributed by atoms with Crippen molar-refractivity contribution in [3.05, 3.63) is 56.8 Å². The lowest BCUT2D eigenvalue weighted by Crippen LogP contribution is -2.06. The monoisotopic (exact) mass is 520 g/mol. The number of pyridine rings is 1. The van der Waals surface area contributed by atoms with Crippen molar-refractivity contribution in [3.63, 3.8) is 0 Å². The maximum atomic E-state index is 13.0. The molecule has 6 nitrogen and oxygen atoms in total. The molecular formula is C19H10Cl3F3N4O2S. The van der Waals surface area contributed by atoms with E-state index in [-0.39, 0.29) is 23.5 Å². The third kappa shape index (κ3) is 4.54. The fraction of sp³-hybridized carbons (Fsp3) is 0.158. The van der Waals surface area contributed by atoms with Crippen LogP contribution in [-0.4, -0.2) is 30.7 Å². The Balaban J connectivity index is 1.68. The number of aromatic nitrogens is 4. The van der Waals surface area contributed by atoms with E-state index >= 15 is 0 Å². The molecule has 3 heterocycles. The first-order valence-corrected chi connectivity index (χ1v) is 10.8. The maximum Gasteiger partial charge on any atom is 0.417 e. The van der Waals surface area contributed by atoms with E-state index in [1.54, 1.807) is 12.1 Å². The van der Waals surface area contributed by atoms with Gasteiger partial charge in [-0.1, -0.05) is 46.1 Å². The molecule has 0 unspecified atom stereocenters. The number of aliphatic carboxylic acids is 1. The third-order valence-electron chi connectivity index (χ3n) is 4.45. The summed E-state index contributed by atoms with van der Waals surface area (Å²) in [5.74, 6) is -0.968. The minimum absolute atomic E-state index is 0.117. The van der Waals surface area contributed by atoms with Crippen LogP contribution in [0.4, 0.5) is 13.2 Å². The molecule has 0 radical (unpaired) electrons. The number of hydrogen-bond acceptors (Lipinski definition) is 5. The lowest BCUT2D eigenvalue weighted by atomic mass is 10.1. The summed E-state index contributed by atoms with van der Waals surface area (Å²) in [4.78, 5) is 15.1. The van der Waals surface area contributed by atoms with Gasteiger partial charge in [-0.15, -0.1) is 10.2 Å². The molecule has 0 aliphatic rings. The lowest BCUT2D eigenvalue weighted by molar-refractivity contribution is -0.138. The average molecular weight is 522 g/mol. The Labute approximate surface area is 197 Å². The molecule has 0 atom stereocenters. The number of imidazole rings is 1. The molecule has 0 aliphatic carbocycles. The molecule has 0 saturated carbocycles. The molecule has 0 spiro atoms. The number of benzene rings is 1. The van der Waals surface area contributed by atoms with Gasteiger partial charge < -0.3 is 9.51 Å². The van der Waals surface area contributed by atoms with Crippen molar-refractivity contribution in [3.8, 4) is 21.3 Å². The SMILES string of the molecule is O=C(O)CCc1c(Cl)cc(-c2nnc(-c3cn4cc(C(F)(F)F)cc(Cl)c4n3)s2)cc1Cl. The number of carboxylic acids is 1. The Morgan fingerprint density at radius 2 is 1.69 bits per heavy atom. The number of fused-ring (bicyclic) bond motifs is 1. The van der Waals surface area contributed by atoms with Crippen LogP contribution in [0.25, 0.3) is 26.9 Å². The number of hydrogen-bond donors (Lipinski definition) is 1. The van der Waals surface area contributed by atoms with Gasteiger partial charge in [0.25, 0.3) is 0 Å². The van der Waals surface area contributed by atoms with E-state index in [4.69, 9.17) is 39.9 Å². The molecule has 166 valence electrons. The van der Waals surface area contributed by atoms with Gasteiger partial charge in [0.2, 0.25) is 0 Å². The summed E-state index contributed by atoms with van der Waals surface area (Å²) in [5.41, 5.74) is 0.623. The standard InChI is InChI=1S/C19H10Cl3F3N4O2S/c20-11-3-8(4-12(21)10(11)1-2-15(30)31)17-27-28-18(32-17)14-7-29-6-9(19(23,24)25)5-13(22)16(29)26-14/h3-7H,1-2H2,(H,30,31). The number of alkyl halides is 3. The molecule has 32 heavy (non-hydrogen) atoms. The first-order valence-electron chi connectivity index (χ1n) is 8.82. The first-order chi connectivity index (χ1) is 15.0. The van der Waals surface area contributed by atoms with E-state index < -0.39 is 17.7 Å². The van der Waals surface area contributed by atoms with Crippen molar-refractivity contribution in [2.75, 3.05) is 0 Å². The molecular weight excluding hydrogens is 512 g/mol. The van der Waals surface area contributed by atoms with Gasteiger partial charge >= 0.3 is 12.1 Å².